The maximum absolute atomic E-state index is 5.16. The molecule has 4 nitrogen and oxygen atoms in total. The number of aryl methyl sites for hydroxylation is 1. The molecule has 0 aromatic carbocycles. The Kier molecular flexibility index (Phi) is 4.69. The lowest BCUT2D eigenvalue weighted by molar-refractivity contribution is 0.396. The molecule has 1 aromatic heterocycles. The summed E-state index contributed by atoms with van der Waals surface area (Å²) in [4.78, 5) is 8.74. The third-order valence-corrected chi connectivity index (χ3v) is 4.52. The molecule has 1 aliphatic carbocycles. The van der Waals surface area contributed by atoms with Gasteiger partial charge in [-0.1, -0.05) is 0 Å². The van der Waals surface area contributed by atoms with Gasteiger partial charge in [-0.25, -0.2) is 4.98 Å². The number of nitrogens with one attached hydrogen (secondary N) is 1. The Bertz CT molecular complexity index is 392. The number of thioether (sulfide) groups is 1. The van der Waals surface area contributed by atoms with Gasteiger partial charge in [0.1, 0.15) is 0 Å². The van der Waals surface area contributed by atoms with Crippen LogP contribution in [-0.2, 0) is 0 Å². The van der Waals surface area contributed by atoms with Crippen LogP contribution in [0, 0.1) is 6.92 Å². The molecule has 100 valence electrons. The average Bonchev–Trinajstić information content (AvgIpc) is 2.39. The van der Waals surface area contributed by atoms with E-state index in [1.165, 1.54) is 25.7 Å². The fourth-order valence-electron chi connectivity index (χ4n) is 2.33. The molecule has 2 rings (SSSR count). The van der Waals surface area contributed by atoms with Crippen molar-refractivity contribution in [1.29, 1.82) is 0 Å². The normalized spacial score (nSPS) is 23.7. The molecule has 0 aliphatic heterocycles. The highest BCUT2D eigenvalue weighted by atomic mass is 32.2. The Labute approximate surface area is 113 Å². The standard InChI is InChI=1S/C13H21N3OS/c1-9-8-12(17-2)16-13(14-9)15-10-4-6-11(18-3)7-5-10/h8,10-11H,4-7H2,1-3H3,(H,14,15,16). The summed E-state index contributed by atoms with van der Waals surface area (Å²) in [6.07, 6.45) is 7.16. The quantitative estimate of drug-likeness (QED) is 0.909. The van der Waals surface area contributed by atoms with Crippen LogP contribution in [0.15, 0.2) is 6.07 Å². The third kappa shape index (κ3) is 3.51. The smallest absolute Gasteiger partial charge is 0.226 e. The molecular weight excluding hydrogens is 246 g/mol. The molecule has 0 spiro atoms. The summed E-state index contributed by atoms with van der Waals surface area (Å²) in [6, 6.07) is 2.34. The zero-order valence-electron chi connectivity index (χ0n) is 11.3. The first-order valence-corrected chi connectivity index (χ1v) is 7.69. The van der Waals surface area contributed by atoms with Gasteiger partial charge in [-0.3, -0.25) is 0 Å². The minimum absolute atomic E-state index is 0.500. The molecule has 1 aliphatic rings. The Morgan fingerprint density at radius 1 is 1.28 bits per heavy atom. The highest BCUT2D eigenvalue weighted by Gasteiger charge is 2.21. The van der Waals surface area contributed by atoms with Crippen LogP contribution in [0.4, 0.5) is 5.95 Å². The van der Waals surface area contributed by atoms with Crippen molar-refractivity contribution in [2.75, 3.05) is 18.7 Å². The van der Waals surface area contributed by atoms with Gasteiger partial charge in [0.25, 0.3) is 0 Å². The number of ether oxygens (including phenoxy) is 1. The van der Waals surface area contributed by atoms with Gasteiger partial charge in [0.15, 0.2) is 0 Å². The van der Waals surface area contributed by atoms with Crippen LogP contribution < -0.4 is 10.1 Å². The average molecular weight is 267 g/mol. The summed E-state index contributed by atoms with van der Waals surface area (Å²) in [7, 11) is 1.63. The lowest BCUT2D eigenvalue weighted by Gasteiger charge is -2.28. The van der Waals surface area contributed by atoms with E-state index in [9.17, 15) is 0 Å². The highest BCUT2D eigenvalue weighted by molar-refractivity contribution is 7.99. The first-order chi connectivity index (χ1) is 8.71. The van der Waals surface area contributed by atoms with Gasteiger partial charge in [-0.15, -0.1) is 0 Å². The van der Waals surface area contributed by atoms with Crippen LogP contribution in [0.25, 0.3) is 0 Å². The van der Waals surface area contributed by atoms with Crippen molar-refractivity contribution in [3.8, 4) is 5.88 Å². The number of anilines is 1. The summed E-state index contributed by atoms with van der Waals surface area (Å²) in [5, 5.41) is 4.26. The number of hydrogen-bond acceptors (Lipinski definition) is 5. The van der Waals surface area contributed by atoms with Crippen molar-refractivity contribution in [3.05, 3.63) is 11.8 Å². The summed E-state index contributed by atoms with van der Waals surface area (Å²) in [5.41, 5.74) is 0.933. The fraction of sp³-hybridized carbons (Fsp3) is 0.692. The summed E-state index contributed by atoms with van der Waals surface area (Å²) in [6.45, 7) is 1.96. The van der Waals surface area contributed by atoms with Gasteiger partial charge >= 0.3 is 0 Å². The van der Waals surface area contributed by atoms with Gasteiger partial charge in [0.05, 0.1) is 7.11 Å². The maximum atomic E-state index is 5.16. The van der Waals surface area contributed by atoms with E-state index >= 15 is 0 Å². The number of hydrogen-bond donors (Lipinski definition) is 1. The van der Waals surface area contributed by atoms with Gasteiger partial charge in [0, 0.05) is 23.1 Å². The van der Waals surface area contributed by atoms with Crippen LogP contribution in [0.2, 0.25) is 0 Å². The van der Waals surface area contributed by atoms with Gasteiger partial charge in [-0.05, 0) is 38.9 Å². The van der Waals surface area contributed by atoms with Crippen LogP contribution in [0.3, 0.4) is 0 Å². The molecule has 0 saturated heterocycles. The van der Waals surface area contributed by atoms with Crippen molar-refractivity contribution in [3.63, 3.8) is 0 Å². The summed E-state index contributed by atoms with van der Waals surface area (Å²) >= 11 is 1.98. The second-order valence-electron chi connectivity index (χ2n) is 4.73. The number of nitrogens with zero attached hydrogens (tertiary/aromatic N) is 2. The predicted molar refractivity (Wildman–Crippen MR) is 76.5 cm³/mol. The first-order valence-electron chi connectivity index (χ1n) is 6.40. The van der Waals surface area contributed by atoms with Crippen LogP contribution in [-0.4, -0.2) is 34.6 Å². The van der Waals surface area contributed by atoms with Crippen LogP contribution in [0.5, 0.6) is 5.88 Å². The Balaban J connectivity index is 1.95. The van der Waals surface area contributed by atoms with Crippen molar-refractivity contribution in [2.45, 2.75) is 43.9 Å². The van der Waals surface area contributed by atoms with E-state index in [1.54, 1.807) is 7.11 Å². The lowest BCUT2D eigenvalue weighted by Crippen LogP contribution is -2.28. The molecule has 0 atom stereocenters. The molecule has 5 heteroatoms. The van der Waals surface area contributed by atoms with E-state index < -0.39 is 0 Å². The van der Waals surface area contributed by atoms with Crippen molar-refractivity contribution >= 4 is 17.7 Å². The molecule has 0 radical (unpaired) electrons. The highest BCUT2D eigenvalue weighted by Crippen LogP contribution is 2.28. The van der Waals surface area contributed by atoms with Crippen molar-refractivity contribution in [2.24, 2.45) is 0 Å². The fourth-order valence-corrected chi connectivity index (χ4v) is 3.08. The Morgan fingerprint density at radius 2 is 2.00 bits per heavy atom. The van der Waals surface area contributed by atoms with Crippen LogP contribution in [0.1, 0.15) is 31.4 Å². The topological polar surface area (TPSA) is 47.0 Å². The maximum Gasteiger partial charge on any atom is 0.226 e. The molecule has 1 N–H and O–H groups in total. The molecule has 1 heterocycles. The molecule has 1 saturated carbocycles. The number of aromatic nitrogens is 2. The van der Waals surface area contributed by atoms with E-state index in [0.29, 0.717) is 17.9 Å². The predicted octanol–water partition coefficient (Wildman–Crippen LogP) is 2.88. The van der Waals surface area contributed by atoms with Crippen molar-refractivity contribution in [1.82, 2.24) is 9.97 Å². The molecule has 1 aromatic rings. The SMILES string of the molecule is COc1cc(C)nc(NC2CCC(SC)CC2)n1. The van der Waals surface area contributed by atoms with E-state index in [4.69, 9.17) is 4.74 Å². The second kappa shape index (κ2) is 6.27. The van der Waals surface area contributed by atoms with Crippen LogP contribution >= 0.6 is 11.8 Å². The van der Waals surface area contributed by atoms with Gasteiger partial charge in [0.2, 0.25) is 11.8 Å². The monoisotopic (exact) mass is 267 g/mol. The van der Waals surface area contributed by atoms with Crippen molar-refractivity contribution < 1.29 is 4.74 Å². The molecule has 0 bridgehead atoms. The molecule has 0 amide bonds. The van der Waals surface area contributed by atoms with E-state index in [-0.39, 0.29) is 0 Å². The Hall–Kier alpha value is -0.970. The van der Waals surface area contributed by atoms with E-state index in [1.807, 2.05) is 24.8 Å². The third-order valence-electron chi connectivity index (χ3n) is 3.38. The van der Waals surface area contributed by atoms with E-state index in [2.05, 4.69) is 21.5 Å². The molecule has 0 unspecified atom stereocenters. The van der Waals surface area contributed by atoms with E-state index in [0.717, 1.165) is 10.9 Å². The second-order valence-corrected chi connectivity index (χ2v) is 5.87. The number of methoxy groups -OCH3 is 1. The lowest BCUT2D eigenvalue weighted by atomic mass is 9.95. The summed E-state index contributed by atoms with van der Waals surface area (Å²) in [5.74, 6) is 1.32. The molecular formula is C13H21N3OS. The zero-order chi connectivity index (χ0) is 13.0. The molecule has 18 heavy (non-hydrogen) atoms. The zero-order valence-corrected chi connectivity index (χ0v) is 12.1. The minimum Gasteiger partial charge on any atom is -0.481 e. The first kappa shape index (κ1) is 13.5. The van der Waals surface area contributed by atoms with Gasteiger partial charge < -0.3 is 10.1 Å². The summed E-state index contributed by atoms with van der Waals surface area (Å²) < 4.78 is 5.16. The minimum atomic E-state index is 0.500. The largest absolute Gasteiger partial charge is 0.481 e. The molecule has 1 fully saturated rings. The Morgan fingerprint density at radius 3 is 2.61 bits per heavy atom. The van der Waals surface area contributed by atoms with Gasteiger partial charge in [-0.2, -0.15) is 16.7 Å². The number of rotatable bonds is 4.